The summed E-state index contributed by atoms with van der Waals surface area (Å²) in [4.78, 5) is 4.97. The molecule has 3 nitrogen and oxygen atoms in total. The van der Waals surface area contributed by atoms with Crippen LogP contribution in [-0.2, 0) is 16.2 Å². The Morgan fingerprint density at radius 3 is 1.54 bits per heavy atom. The van der Waals surface area contributed by atoms with Crippen molar-refractivity contribution in [2.75, 3.05) is 9.80 Å². The quantitative estimate of drug-likeness (QED) is 0.183. The van der Waals surface area contributed by atoms with Crippen molar-refractivity contribution in [3.05, 3.63) is 179 Å². The Kier molecular flexibility index (Phi) is 6.14. The van der Waals surface area contributed by atoms with Crippen LogP contribution in [0.5, 0.6) is 11.5 Å². The number of benzene rings is 7. The van der Waals surface area contributed by atoms with Gasteiger partial charge in [-0.25, -0.2) is 0 Å². The fraction of sp³-hybridized carbons (Fsp3) is 0.176. The lowest BCUT2D eigenvalue weighted by Crippen LogP contribution is -2.34. The molecule has 4 aliphatic rings. The highest BCUT2D eigenvalue weighted by atomic mass is 16.5. The molecule has 0 N–H and O–H groups in total. The van der Waals surface area contributed by atoms with Crippen molar-refractivity contribution in [2.24, 2.45) is 0 Å². The summed E-state index contributed by atoms with van der Waals surface area (Å²) in [7, 11) is 0. The van der Waals surface area contributed by atoms with Crippen molar-refractivity contribution in [3.63, 3.8) is 0 Å². The van der Waals surface area contributed by atoms with Gasteiger partial charge in [0.25, 0.3) is 0 Å². The second-order valence-electron chi connectivity index (χ2n) is 17.0. The first-order valence-corrected chi connectivity index (χ1v) is 19.2. The summed E-state index contributed by atoms with van der Waals surface area (Å²) in [6, 6.07) is 54.0. The van der Waals surface area contributed by atoms with E-state index in [2.05, 4.69) is 197 Å². The number of anilines is 6. The van der Waals surface area contributed by atoms with E-state index in [4.69, 9.17) is 4.74 Å². The molecule has 3 heteroatoms. The first-order chi connectivity index (χ1) is 26.1. The Morgan fingerprint density at radius 2 is 0.926 bits per heavy atom. The lowest BCUT2D eigenvalue weighted by molar-refractivity contribution is 0.471. The summed E-state index contributed by atoms with van der Waals surface area (Å²) in [5, 5.41) is 0. The lowest BCUT2D eigenvalue weighted by Gasteiger charge is -2.46. The molecule has 2 aliphatic carbocycles. The number of nitrogens with zero attached hydrogens (tertiary/aromatic N) is 2. The van der Waals surface area contributed by atoms with Gasteiger partial charge in [0.05, 0.1) is 22.7 Å². The van der Waals surface area contributed by atoms with Gasteiger partial charge in [0.1, 0.15) is 0 Å². The van der Waals surface area contributed by atoms with Crippen LogP contribution in [0.4, 0.5) is 34.1 Å². The van der Waals surface area contributed by atoms with Crippen molar-refractivity contribution in [1.82, 2.24) is 0 Å². The zero-order valence-corrected chi connectivity index (χ0v) is 31.7. The van der Waals surface area contributed by atoms with Crippen molar-refractivity contribution >= 4 is 34.1 Å². The maximum atomic E-state index is 6.77. The second-order valence-corrected chi connectivity index (χ2v) is 17.0. The Hall–Kier alpha value is -6.06. The number of para-hydroxylation sites is 3. The molecule has 2 aliphatic heterocycles. The van der Waals surface area contributed by atoms with Crippen molar-refractivity contribution in [2.45, 2.75) is 57.8 Å². The highest BCUT2D eigenvalue weighted by Crippen LogP contribution is 2.63. The zero-order chi connectivity index (χ0) is 36.7. The van der Waals surface area contributed by atoms with E-state index >= 15 is 0 Å². The average molecular weight is 699 g/mol. The Labute approximate surface area is 318 Å². The number of hydrogen-bond acceptors (Lipinski definition) is 3. The summed E-state index contributed by atoms with van der Waals surface area (Å²) >= 11 is 0. The maximum absolute atomic E-state index is 6.77. The Morgan fingerprint density at radius 1 is 0.426 bits per heavy atom. The molecule has 0 bridgehead atoms. The predicted molar refractivity (Wildman–Crippen MR) is 223 cm³/mol. The second kappa shape index (κ2) is 10.5. The maximum Gasteiger partial charge on any atom is 0.152 e. The van der Waals surface area contributed by atoms with Crippen LogP contribution >= 0.6 is 0 Å². The van der Waals surface area contributed by atoms with E-state index in [-0.39, 0.29) is 16.2 Å². The predicted octanol–water partition coefficient (Wildman–Crippen LogP) is 14.0. The summed E-state index contributed by atoms with van der Waals surface area (Å²) in [5.41, 5.74) is 19.6. The molecule has 0 aromatic heterocycles. The van der Waals surface area contributed by atoms with Gasteiger partial charge < -0.3 is 14.5 Å². The molecule has 0 saturated heterocycles. The van der Waals surface area contributed by atoms with Gasteiger partial charge in [0, 0.05) is 33.2 Å². The smallest absolute Gasteiger partial charge is 0.152 e. The normalized spacial score (nSPS) is 16.5. The first kappa shape index (κ1) is 31.5. The molecule has 0 atom stereocenters. The molecule has 2 heterocycles. The standard InChI is InChI=1S/C51H42N2O/c1-49(2)37-17-9-7-15-33(37)35-25-23-31(29-40(35)49)52(32-24-26-36-34-16-8-10-18-38(34)50(3,4)41(36)30-32)44-27-28-46-48-47(44)51(5,6)39-19-11-12-20-42(39)53(48)43-21-13-14-22-45(43)54-46/h7-30H,1-6H3. The summed E-state index contributed by atoms with van der Waals surface area (Å²) in [5.74, 6) is 1.75. The van der Waals surface area contributed by atoms with E-state index in [0.717, 1.165) is 39.9 Å². The molecule has 262 valence electrons. The molecule has 11 rings (SSSR count). The van der Waals surface area contributed by atoms with Crippen molar-refractivity contribution < 1.29 is 4.74 Å². The van der Waals surface area contributed by atoms with Gasteiger partial charge in [-0.1, -0.05) is 133 Å². The highest BCUT2D eigenvalue weighted by Gasteiger charge is 2.45. The molecule has 7 aromatic rings. The van der Waals surface area contributed by atoms with Crippen LogP contribution in [0.25, 0.3) is 22.3 Å². The van der Waals surface area contributed by atoms with Crippen LogP contribution in [0, 0.1) is 0 Å². The SMILES string of the molecule is CC1(C)c2ccccc2-c2ccc(N(c3ccc4c(c3)C(C)(C)c3ccccc3-4)c3ccc4c5c3C(C)(C)c3ccccc3N5c3ccccc3O4)cc21. The summed E-state index contributed by atoms with van der Waals surface area (Å²) < 4.78 is 6.77. The van der Waals surface area contributed by atoms with Crippen LogP contribution in [0.2, 0.25) is 0 Å². The Bertz CT molecular complexity index is 2640. The number of fused-ring (bicyclic) bond motifs is 10. The molecular formula is C51H42N2O. The summed E-state index contributed by atoms with van der Waals surface area (Å²) in [6.07, 6.45) is 0. The van der Waals surface area contributed by atoms with E-state index in [1.54, 1.807) is 0 Å². The molecule has 0 fully saturated rings. The van der Waals surface area contributed by atoms with Crippen LogP contribution in [-0.4, -0.2) is 0 Å². The number of rotatable bonds is 3. The van der Waals surface area contributed by atoms with Crippen molar-refractivity contribution in [1.29, 1.82) is 0 Å². The van der Waals surface area contributed by atoms with E-state index < -0.39 is 0 Å². The first-order valence-electron chi connectivity index (χ1n) is 19.2. The molecule has 7 aromatic carbocycles. The van der Waals surface area contributed by atoms with Crippen LogP contribution in [0.15, 0.2) is 146 Å². The molecule has 0 saturated carbocycles. The zero-order valence-electron chi connectivity index (χ0n) is 31.7. The minimum atomic E-state index is -0.347. The highest BCUT2D eigenvalue weighted by molar-refractivity contribution is 5.98. The third kappa shape index (κ3) is 3.97. The fourth-order valence-electron chi connectivity index (χ4n) is 10.3. The Balaban J connectivity index is 1.20. The molecule has 0 radical (unpaired) electrons. The van der Waals surface area contributed by atoms with Crippen molar-refractivity contribution in [3.8, 4) is 33.8 Å². The minimum Gasteiger partial charge on any atom is -0.453 e. The molecule has 0 unspecified atom stereocenters. The van der Waals surface area contributed by atoms with Gasteiger partial charge in [-0.15, -0.1) is 0 Å². The third-order valence-corrected chi connectivity index (χ3v) is 13.0. The topological polar surface area (TPSA) is 15.7 Å². The molecule has 0 spiro atoms. The van der Waals surface area contributed by atoms with Gasteiger partial charge in [-0.2, -0.15) is 0 Å². The minimum absolute atomic E-state index is 0.133. The van der Waals surface area contributed by atoms with Gasteiger partial charge >= 0.3 is 0 Å². The van der Waals surface area contributed by atoms with Gasteiger partial charge in [-0.05, 0) is 105 Å². The molecule has 54 heavy (non-hydrogen) atoms. The monoisotopic (exact) mass is 698 g/mol. The lowest BCUT2D eigenvalue weighted by atomic mass is 9.72. The summed E-state index contributed by atoms with van der Waals surface area (Å²) in [6.45, 7) is 14.2. The van der Waals surface area contributed by atoms with E-state index in [1.165, 1.54) is 61.3 Å². The fourth-order valence-corrected chi connectivity index (χ4v) is 10.3. The average Bonchev–Trinajstić information content (AvgIpc) is 3.56. The molecule has 0 amide bonds. The third-order valence-electron chi connectivity index (χ3n) is 13.0. The number of ether oxygens (including phenoxy) is 1. The van der Waals surface area contributed by atoms with Crippen LogP contribution in [0.3, 0.4) is 0 Å². The van der Waals surface area contributed by atoms with Gasteiger partial charge in [0.15, 0.2) is 11.5 Å². The van der Waals surface area contributed by atoms with E-state index in [9.17, 15) is 0 Å². The van der Waals surface area contributed by atoms with Crippen LogP contribution in [0.1, 0.15) is 74.9 Å². The van der Waals surface area contributed by atoms with Gasteiger partial charge in [0.2, 0.25) is 0 Å². The van der Waals surface area contributed by atoms with E-state index in [1.807, 2.05) is 0 Å². The largest absolute Gasteiger partial charge is 0.453 e. The van der Waals surface area contributed by atoms with Crippen LogP contribution < -0.4 is 14.5 Å². The number of hydrogen-bond donors (Lipinski definition) is 0. The molecular weight excluding hydrogens is 657 g/mol. The van der Waals surface area contributed by atoms with E-state index in [0.29, 0.717) is 0 Å². The van der Waals surface area contributed by atoms with Gasteiger partial charge in [-0.3, -0.25) is 0 Å².